The largest absolute Gasteiger partial charge is 0.478 e. The molecule has 2 nitrogen and oxygen atoms in total. The second-order valence-corrected chi connectivity index (χ2v) is 5.11. The minimum absolute atomic E-state index is 0.367. The van der Waals surface area contributed by atoms with Gasteiger partial charge in [-0.05, 0) is 61.6 Å². The van der Waals surface area contributed by atoms with Gasteiger partial charge in [0.2, 0.25) is 0 Å². The van der Waals surface area contributed by atoms with E-state index < -0.39 is 5.97 Å². The summed E-state index contributed by atoms with van der Waals surface area (Å²) in [6.07, 6.45) is 0. The Hall–Kier alpha value is -2.09. The molecular formula is C17H18O2. The van der Waals surface area contributed by atoms with Crippen molar-refractivity contribution in [3.63, 3.8) is 0 Å². The number of hydrogen-bond donors (Lipinski definition) is 1. The van der Waals surface area contributed by atoms with Crippen LogP contribution < -0.4 is 0 Å². The number of aryl methyl sites for hydroxylation is 4. The molecule has 0 aliphatic carbocycles. The molecule has 0 radical (unpaired) electrons. The van der Waals surface area contributed by atoms with Gasteiger partial charge in [-0.25, -0.2) is 4.79 Å². The van der Waals surface area contributed by atoms with Gasteiger partial charge < -0.3 is 5.11 Å². The van der Waals surface area contributed by atoms with E-state index in [2.05, 4.69) is 19.1 Å². The highest BCUT2D eigenvalue weighted by Crippen LogP contribution is 2.30. The van der Waals surface area contributed by atoms with Gasteiger partial charge in [0.25, 0.3) is 0 Å². The van der Waals surface area contributed by atoms with Crippen LogP contribution in [-0.4, -0.2) is 11.1 Å². The van der Waals surface area contributed by atoms with E-state index in [9.17, 15) is 9.90 Å². The zero-order chi connectivity index (χ0) is 14.2. The molecule has 1 N–H and O–H groups in total. The molecule has 0 amide bonds. The molecule has 0 heterocycles. The fourth-order valence-electron chi connectivity index (χ4n) is 2.32. The van der Waals surface area contributed by atoms with Gasteiger partial charge in [-0.2, -0.15) is 0 Å². The van der Waals surface area contributed by atoms with Gasteiger partial charge in [-0.3, -0.25) is 0 Å². The van der Waals surface area contributed by atoms with E-state index in [1.54, 1.807) is 6.07 Å². The van der Waals surface area contributed by atoms with Crippen LogP contribution in [0.2, 0.25) is 0 Å². The number of aromatic carboxylic acids is 1. The molecule has 0 aromatic heterocycles. The number of benzene rings is 2. The summed E-state index contributed by atoms with van der Waals surface area (Å²) in [4.78, 5) is 11.4. The molecule has 0 saturated carbocycles. The zero-order valence-corrected chi connectivity index (χ0v) is 11.7. The van der Waals surface area contributed by atoms with Crippen molar-refractivity contribution in [2.24, 2.45) is 0 Å². The molecular weight excluding hydrogens is 236 g/mol. The van der Waals surface area contributed by atoms with Crippen molar-refractivity contribution < 1.29 is 9.90 Å². The van der Waals surface area contributed by atoms with Crippen LogP contribution in [0.4, 0.5) is 0 Å². The van der Waals surface area contributed by atoms with Gasteiger partial charge in [0.1, 0.15) is 0 Å². The van der Waals surface area contributed by atoms with Crippen LogP contribution in [-0.2, 0) is 0 Å². The summed E-state index contributed by atoms with van der Waals surface area (Å²) < 4.78 is 0. The summed E-state index contributed by atoms with van der Waals surface area (Å²) in [7, 11) is 0. The van der Waals surface area contributed by atoms with Gasteiger partial charge in [0.15, 0.2) is 0 Å². The van der Waals surface area contributed by atoms with Gasteiger partial charge in [0.05, 0.1) is 5.56 Å². The van der Waals surface area contributed by atoms with E-state index in [-0.39, 0.29) is 0 Å². The Balaban J connectivity index is 2.72. The van der Waals surface area contributed by atoms with Crippen molar-refractivity contribution in [3.05, 3.63) is 58.1 Å². The van der Waals surface area contributed by atoms with Crippen LogP contribution in [0.25, 0.3) is 11.1 Å². The van der Waals surface area contributed by atoms with E-state index in [1.165, 1.54) is 11.1 Å². The Bertz CT molecular complexity index is 655. The Morgan fingerprint density at radius 2 is 1.47 bits per heavy atom. The maximum atomic E-state index is 11.4. The molecule has 0 aliphatic rings. The van der Waals surface area contributed by atoms with E-state index in [4.69, 9.17) is 0 Å². The second kappa shape index (κ2) is 4.88. The average molecular weight is 254 g/mol. The molecule has 2 aromatic carbocycles. The quantitative estimate of drug-likeness (QED) is 0.868. The highest BCUT2D eigenvalue weighted by molar-refractivity contribution is 5.96. The van der Waals surface area contributed by atoms with Crippen LogP contribution in [0.15, 0.2) is 30.3 Å². The highest BCUT2D eigenvalue weighted by atomic mass is 16.4. The Kier molecular flexibility index (Phi) is 3.43. The van der Waals surface area contributed by atoms with Crippen molar-refractivity contribution in [2.75, 3.05) is 0 Å². The minimum Gasteiger partial charge on any atom is -0.478 e. The molecule has 0 unspecified atom stereocenters. The Morgan fingerprint density at radius 3 is 2.11 bits per heavy atom. The standard InChI is InChI=1S/C17H18O2/c1-10-5-6-14(16(7-10)17(18)19)15-9-12(3)11(2)8-13(15)4/h5-9H,1-4H3,(H,18,19). The summed E-state index contributed by atoms with van der Waals surface area (Å²) in [5.74, 6) is -0.878. The van der Waals surface area contributed by atoms with Gasteiger partial charge in [-0.15, -0.1) is 0 Å². The first-order chi connectivity index (χ1) is 8.90. The van der Waals surface area contributed by atoms with Gasteiger partial charge >= 0.3 is 5.97 Å². The molecule has 0 bridgehead atoms. The zero-order valence-electron chi connectivity index (χ0n) is 11.7. The maximum Gasteiger partial charge on any atom is 0.336 e. The first kappa shape index (κ1) is 13.3. The van der Waals surface area contributed by atoms with Crippen molar-refractivity contribution in [3.8, 4) is 11.1 Å². The monoisotopic (exact) mass is 254 g/mol. The van der Waals surface area contributed by atoms with Crippen molar-refractivity contribution >= 4 is 5.97 Å². The van der Waals surface area contributed by atoms with E-state index >= 15 is 0 Å². The summed E-state index contributed by atoms with van der Waals surface area (Å²) in [5, 5.41) is 9.37. The van der Waals surface area contributed by atoms with Crippen LogP contribution in [0.1, 0.15) is 32.6 Å². The van der Waals surface area contributed by atoms with Crippen molar-refractivity contribution in [1.29, 1.82) is 0 Å². The van der Waals surface area contributed by atoms with Crippen LogP contribution in [0.5, 0.6) is 0 Å². The summed E-state index contributed by atoms with van der Waals surface area (Å²) in [6, 6.07) is 9.76. The molecule has 2 rings (SSSR count). The minimum atomic E-state index is -0.878. The lowest BCUT2D eigenvalue weighted by atomic mass is 9.92. The van der Waals surface area contributed by atoms with Crippen molar-refractivity contribution in [2.45, 2.75) is 27.7 Å². The lowest BCUT2D eigenvalue weighted by Crippen LogP contribution is -2.01. The lowest BCUT2D eigenvalue weighted by Gasteiger charge is -2.13. The van der Waals surface area contributed by atoms with Crippen LogP contribution in [0.3, 0.4) is 0 Å². The summed E-state index contributed by atoms with van der Waals surface area (Å²) >= 11 is 0. The van der Waals surface area contributed by atoms with Gasteiger partial charge in [-0.1, -0.05) is 29.8 Å². The van der Waals surface area contributed by atoms with E-state index in [1.807, 2.05) is 32.9 Å². The fourth-order valence-corrected chi connectivity index (χ4v) is 2.32. The molecule has 0 atom stereocenters. The van der Waals surface area contributed by atoms with E-state index in [0.717, 1.165) is 22.3 Å². The molecule has 0 fully saturated rings. The lowest BCUT2D eigenvalue weighted by molar-refractivity contribution is 0.0697. The molecule has 19 heavy (non-hydrogen) atoms. The molecule has 2 aromatic rings. The second-order valence-electron chi connectivity index (χ2n) is 5.11. The fraction of sp³-hybridized carbons (Fsp3) is 0.235. The van der Waals surface area contributed by atoms with Crippen LogP contribution >= 0.6 is 0 Å². The summed E-state index contributed by atoms with van der Waals surface area (Å²) in [5.41, 5.74) is 6.63. The molecule has 2 heteroatoms. The molecule has 0 spiro atoms. The molecule has 0 saturated heterocycles. The first-order valence-corrected chi connectivity index (χ1v) is 6.32. The number of carboxylic acids is 1. The third kappa shape index (κ3) is 2.53. The molecule has 0 aliphatic heterocycles. The number of carboxylic acid groups (broad SMARTS) is 1. The SMILES string of the molecule is Cc1ccc(-c2cc(C)c(C)cc2C)c(C(=O)O)c1. The van der Waals surface area contributed by atoms with Crippen molar-refractivity contribution in [1.82, 2.24) is 0 Å². The topological polar surface area (TPSA) is 37.3 Å². The smallest absolute Gasteiger partial charge is 0.336 e. The third-order valence-electron chi connectivity index (χ3n) is 3.54. The predicted molar refractivity (Wildman–Crippen MR) is 77.8 cm³/mol. The Morgan fingerprint density at radius 1 is 0.842 bits per heavy atom. The Labute approximate surface area is 113 Å². The van der Waals surface area contributed by atoms with E-state index in [0.29, 0.717) is 5.56 Å². The first-order valence-electron chi connectivity index (χ1n) is 6.32. The molecule has 98 valence electrons. The van der Waals surface area contributed by atoms with Crippen LogP contribution in [0, 0.1) is 27.7 Å². The third-order valence-corrected chi connectivity index (χ3v) is 3.54. The summed E-state index contributed by atoms with van der Waals surface area (Å²) in [6.45, 7) is 8.04. The maximum absolute atomic E-state index is 11.4. The number of hydrogen-bond acceptors (Lipinski definition) is 1. The van der Waals surface area contributed by atoms with Gasteiger partial charge in [0, 0.05) is 0 Å². The average Bonchev–Trinajstić information content (AvgIpc) is 2.34. The normalized spacial score (nSPS) is 10.5. The highest BCUT2D eigenvalue weighted by Gasteiger charge is 2.14. The number of carbonyl (C=O) groups is 1. The predicted octanol–water partition coefficient (Wildman–Crippen LogP) is 4.29. The number of rotatable bonds is 2.